The Morgan fingerprint density at radius 1 is 1.16 bits per heavy atom. The third-order valence-electron chi connectivity index (χ3n) is 3.03. The molecule has 1 aromatic carbocycles. The fourth-order valence-electron chi connectivity index (χ4n) is 2.05. The summed E-state index contributed by atoms with van der Waals surface area (Å²) in [5, 5.41) is 3.11. The lowest BCUT2D eigenvalue weighted by Crippen LogP contribution is -1.89. The highest BCUT2D eigenvalue weighted by Crippen LogP contribution is 2.32. The molecule has 0 bridgehead atoms. The number of rotatable bonds is 2. The Kier molecular flexibility index (Phi) is 3.16. The molecule has 0 aliphatic carbocycles. The van der Waals surface area contributed by atoms with Gasteiger partial charge in [0.25, 0.3) is 0 Å². The summed E-state index contributed by atoms with van der Waals surface area (Å²) in [7, 11) is 1.89. The zero-order chi connectivity index (χ0) is 13.4. The van der Waals surface area contributed by atoms with E-state index in [-0.39, 0.29) is 0 Å². The van der Waals surface area contributed by atoms with Gasteiger partial charge in [-0.3, -0.25) is 0 Å². The molecule has 5 heteroatoms. The second-order valence-electron chi connectivity index (χ2n) is 4.23. The summed E-state index contributed by atoms with van der Waals surface area (Å²) < 4.78 is 1.99. The van der Waals surface area contributed by atoms with E-state index in [0.717, 1.165) is 32.4 Å². The number of fused-ring (bicyclic) bond motifs is 1. The van der Waals surface area contributed by atoms with Crippen LogP contribution in [0.3, 0.4) is 0 Å². The average molecular weight is 287 g/mol. The van der Waals surface area contributed by atoms with Crippen molar-refractivity contribution in [1.29, 1.82) is 0 Å². The van der Waals surface area contributed by atoms with Gasteiger partial charge in [0.2, 0.25) is 0 Å². The lowest BCUT2D eigenvalue weighted by atomic mass is 10.2. The molecule has 96 valence electrons. The number of aromatic nitrogens is 2. The smallest absolute Gasteiger partial charge is 0.139 e. The summed E-state index contributed by atoms with van der Waals surface area (Å²) in [6.07, 6.45) is 3.97. The molecule has 0 saturated heterocycles. The predicted octanol–water partition coefficient (Wildman–Crippen LogP) is 3.62. The molecule has 19 heavy (non-hydrogen) atoms. The van der Waals surface area contributed by atoms with Gasteiger partial charge in [-0.25, -0.2) is 4.98 Å². The second kappa shape index (κ2) is 4.83. The van der Waals surface area contributed by atoms with Crippen LogP contribution in [0.15, 0.2) is 52.5 Å². The number of thiol groups is 2. The quantitative estimate of drug-likeness (QED) is 0.628. The number of benzene rings is 1. The third kappa shape index (κ3) is 2.19. The number of hydrogen-bond acceptors (Lipinski definition) is 4. The molecular weight excluding hydrogens is 274 g/mol. The van der Waals surface area contributed by atoms with E-state index in [9.17, 15) is 0 Å². The maximum atomic E-state index is 4.64. The van der Waals surface area contributed by atoms with E-state index in [2.05, 4.69) is 35.6 Å². The highest BCUT2D eigenvalue weighted by molar-refractivity contribution is 7.81. The molecule has 0 saturated carbocycles. The van der Waals surface area contributed by atoms with Gasteiger partial charge >= 0.3 is 0 Å². The first-order valence-electron chi connectivity index (χ1n) is 5.87. The van der Waals surface area contributed by atoms with Crippen molar-refractivity contribution in [2.75, 3.05) is 12.4 Å². The highest BCUT2D eigenvalue weighted by atomic mass is 32.1. The zero-order valence-electron chi connectivity index (χ0n) is 10.3. The molecule has 2 aromatic heterocycles. The molecular formula is C14H13N3S2. The SMILES string of the molecule is CNc1ccn2cc(-c3c(S)cccc3S)nc2c1. The molecule has 0 aliphatic rings. The lowest BCUT2D eigenvalue weighted by molar-refractivity contribution is 1.18. The first-order chi connectivity index (χ1) is 9.19. The summed E-state index contributed by atoms with van der Waals surface area (Å²) in [6.45, 7) is 0. The molecule has 0 atom stereocenters. The molecule has 0 amide bonds. The lowest BCUT2D eigenvalue weighted by Gasteiger charge is -2.04. The monoisotopic (exact) mass is 287 g/mol. The maximum absolute atomic E-state index is 4.64. The number of anilines is 1. The minimum atomic E-state index is 0.879. The Hall–Kier alpha value is -1.59. The van der Waals surface area contributed by atoms with Crippen LogP contribution < -0.4 is 5.32 Å². The van der Waals surface area contributed by atoms with E-state index in [0.29, 0.717) is 0 Å². The number of hydrogen-bond donors (Lipinski definition) is 3. The van der Waals surface area contributed by atoms with Crippen LogP contribution in [-0.2, 0) is 0 Å². The normalized spacial score (nSPS) is 10.9. The van der Waals surface area contributed by atoms with E-state index >= 15 is 0 Å². The van der Waals surface area contributed by atoms with Gasteiger partial charge in [-0.05, 0) is 18.2 Å². The van der Waals surface area contributed by atoms with Crippen molar-refractivity contribution < 1.29 is 0 Å². The van der Waals surface area contributed by atoms with Crippen LogP contribution in [0.25, 0.3) is 16.9 Å². The molecule has 0 aliphatic heterocycles. The third-order valence-corrected chi connectivity index (χ3v) is 3.77. The van der Waals surface area contributed by atoms with Gasteiger partial charge in [0.05, 0.1) is 5.69 Å². The summed E-state index contributed by atoms with van der Waals surface area (Å²) in [4.78, 5) is 6.40. The predicted molar refractivity (Wildman–Crippen MR) is 84.7 cm³/mol. The van der Waals surface area contributed by atoms with Crippen LogP contribution in [0.5, 0.6) is 0 Å². The first-order valence-corrected chi connectivity index (χ1v) is 6.76. The number of pyridine rings is 1. The van der Waals surface area contributed by atoms with Gasteiger partial charge < -0.3 is 9.72 Å². The summed E-state index contributed by atoms with van der Waals surface area (Å²) in [6, 6.07) is 9.83. The Bertz CT molecular complexity index is 729. The van der Waals surface area contributed by atoms with Crippen molar-refractivity contribution in [2.24, 2.45) is 0 Å². The van der Waals surface area contributed by atoms with E-state index in [1.807, 2.05) is 54.2 Å². The van der Waals surface area contributed by atoms with Crippen LogP contribution in [0.1, 0.15) is 0 Å². The molecule has 0 fully saturated rings. The fraction of sp³-hybridized carbons (Fsp3) is 0.0714. The molecule has 2 heterocycles. The van der Waals surface area contributed by atoms with Gasteiger partial charge in [-0.1, -0.05) is 6.07 Å². The van der Waals surface area contributed by atoms with Gasteiger partial charge in [0.15, 0.2) is 0 Å². The molecule has 3 nitrogen and oxygen atoms in total. The molecule has 3 rings (SSSR count). The summed E-state index contributed by atoms with van der Waals surface area (Å²) in [5.41, 5.74) is 3.77. The van der Waals surface area contributed by atoms with Crippen molar-refractivity contribution >= 4 is 36.6 Å². The average Bonchev–Trinajstić information content (AvgIpc) is 2.80. The topological polar surface area (TPSA) is 29.3 Å². The van der Waals surface area contributed by atoms with Gasteiger partial charge in [-0.15, -0.1) is 25.3 Å². The van der Waals surface area contributed by atoms with Gasteiger partial charge in [-0.2, -0.15) is 0 Å². The minimum Gasteiger partial charge on any atom is -0.388 e. The number of nitrogens with one attached hydrogen (secondary N) is 1. The molecule has 1 N–H and O–H groups in total. The van der Waals surface area contributed by atoms with Crippen LogP contribution in [0, 0.1) is 0 Å². The molecule has 0 unspecified atom stereocenters. The van der Waals surface area contributed by atoms with Crippen molar-refractivity contribution in [2.45, 2.75) is 9.79 Å². The van der Waals surface area contributed by atoms with Crippen molar-refractivity contribution in [3.05, 3.63) is 42.7 Å². The zero-order valence-corrected chi connectivity index (χ0v) is 12.1. The van der Waals surface area contributed by atoms with Crippen molar-refractivity contribution in [3.8, 4) is 11.3 Å². The second-order valence-corrected chi connectivity index (χ2v) is 5.19. The largest absolute Gasteiger partial charge is 0.388 e. The standard InChI is InChI=1S/C14H13N3S2/c1-15-9-5-6-17-8-10(16-13(17)7-9)14-11(18)3-2-4-12(14)19/h2-8,15,18-19H,1H3. The van der Waals surface area contributed by atoms with Crippen LogP contribution in [0.2, 0.25) is 0 Å². The Morgan fingerprint density at radius 3 is 2.58 bits per heavy atom. The fourth-order valence-corrected chi connectivity index (χ4v) is 2.78. The number of imidazole rings is 1. The molecule has 3 aromatic rings. The van der Waals surface area contributed by atoms with Crippen LogP contribution >= 0.6 is 25.3 Å². The van der Waals surface area contributed by atoms with Crippen molar-refractivity contribution in [1.82, 2.24) is 9.38 Å². The molecule has 0 radical (unpaired) electrons. The van der Waals surface area contributed by atoms with Crippen molar-refractivity contribution in [3.63, 3.8) is 0 Å². The summed E-state index contributed by atoms with van der Waals surface area (Å²) in [5.74, 6) is 0. The number of nitrogens with zero attached hydrogens (tertiary/aromatic N) is 2. The first kappa shape index (κ1) is 12.4. The van der Waals surface area contributed by atoms with Crippen LogP contribution in [0.4, 0.5) is 5.69 Å². The Balaban J connectivity index is 2.21. The van der Waals surface area contributed by atoms with E-state index in [1.165, 1.54) is 0 Å². The van der Waals surface area contributed by atoms with Crippen LogP contribution in [-0.4, -0.2) is 16.4 Å². The van der Waals surface area contributed by atoms with E-state index < -0.39 is 0 Å². The Labute approximate surface area is 122 Å². The minimum absolute atomic E-state index is 0.879. The Morgan fingerprint density at radius 2 is 1.89 bits per heavy atom. The summed E-state index contributed by atoms with van der Waals surface area (Å²) >= 11 is 8.98. The highest BCUT2D eigenvalue weighted by Gasteiger charge is 2.10. The molecule has 0 spiro atoms. The van der Waals surface area contributed by atoms with E-state index in [4.69, 9.17) is 0 Å². The van der Waals surface area contributed by atoms with Gasteiger partial charge in [0, 0.05) is 46.5 Å². The van der Waals surface area contributed by atoms with Gasteiger partial charge in [0.1, 0.15) is 5.65 Å². The van der Waals surface area contributed by atoms with E-state index in [1.54, 1.807) is 0 Å². The maximum Gasteiger partial charge on any atom is 0.139 e.